The predicted octanol–water partition coefficient (Wildman–Crippen LogP) is 0.189. The van der Waals surface area contributed by atoms with Crippen molar-refractivity contribution in [3.63, 3.8) is 0 Å². The van der Waals surface area contributed by atoms with E-state index in [-0.39, 0.29) is 10.8 Å². The number of carbonyl (C=O) groups is 1. The molecule has 18 heavy (non-hydrogen) atoms. The number of hydrogen-bond donors (Lipinski definition) is 3. The lowest BCUT2D eigenvalue weighted by Gasteiger charge is -2.13. The molecule has 1 aromatic rings. The molecule has 1 aromatic carbocycles. The van der Waals surface area contributed by atoms with Crippen molar-refractivity contribution < 1.29 is 13.2 Å². The molecule has 4 N–H and O–H groups in total. The molecule has 0 heterocycles. The standard InChI is InChI=1S/C11H17N3O3S/c1-7-9(14-11(15)8(2)12)5-4-6-10(7)18(16,17)13-3/h4-6,8,13H,12H2,1-3H3,(H,14,15)/t8-/m0/s1. The van der Waals surface area contributed by atoms with Gasteiger partial charge in [-0.15, -0.1) is 0 Å². The van der Waals surface area contributed by atoms with Crippen LogP contribution < -0.4 is 15.8 Å². The summed E-state index contributed by atoms with van der Waals surface area (Å²) < 4.78 is 25.7. The molecular formula is C11H17N3O3S. The van der Waals surface area contributed by atoms with E-state index < -0.39 is 16.1 Å². The van der Waals surface area contributed by atoms with Gasteiger partial charge in [-0.3, -0.25) is 4.79 Å². The van der Waals surface area contributed by atoms with Crippen LogP contribution in [0, 0.1) is 6.92 Å². The van der Waals surface area contributed by atoms with Gasteiger partial charge in [0.2, 0.25) is 15.9 Å². The van der Waals surface area contributed by atoms with Gasteiger partial charge in [-0.05, 0) is 38.6 Å². The lowest BCUT2D eigenvalue weighted by atomic mass is 10.2. The molecule has 0 aliphatic carbocycles. The SMILES string of the molecule is CNS(=O)(=O)c1cccc(NC(=O)[C@H](C)N)c1C. The number of benzene rings is 1. The maximum Gasteiger partial charge on any atom is 0.241 e. The minimum Gasteiger partial charge on any atom is -0.324 e. The minimum atomic E-state index is -3.54. The van der Waals surface area contributed by atoms with Gasteiger partial charge in [0.15, 0.2) is 0 Å². The average Bonchev–Trinajstić information content (AvgIpc) is 2.31. The van der Waals surface area contributed by atoms with Crippen LogP contribution in [0.1, 0.15) is 12.5 Å². The molecule has 0 aromatic heterocycles. The Morgan fingerprint density at radius 3 is 2.50 bits per heavy atom. The van der Waals surface area contributed by atoms with E-state index in [1.54, 1.807) is 26.0 Å². The highest BCUT2D eigenvalue weighted by molar-refractivity contribution is 7.89. The maximum atomic E-state index is 11.7. The second-order valence-corrected chi connectivity index (χ2v) is 5.77. The van der Waals surface area contributed by atoms with E-state index in [2.05, 4.69) is 10.0 Å². The highest BCUT2D eigenvalue weighted by Gasteiger charge is 2.17. The van der Waals surface area contributed by atoms with E-state index in [1.165, 1.54) is 13.1 Å². The summed E-state index contributed by atoms with van der Waals surface area (Å²) in [6, 6.07) is 4.01. The summed E-state index contributed by atoms with van der Waals surface area (Å²) in [5.74, 6) is -0.364. The number of nitrogens with two attached hydrogens (primary N) is 1. The number of amides is 1. The molecule has 0 fully saturated rings. The third-order valence-corrected chi connectivity index (χ3v) is 4.07. The van der Waals surface area contributed by atoms with E-state index in [1.807, 2.05) is 0 Å². The summed E-state index contributed by atoms with van der Waals surface area (Å²) in [6.45, 7) is 3.18. The van der Waals surface area contributed by atoms with Crippen molar-refractivity contribution in [2.24, 2.45) is 5.73 Å². The monoisotopic (exact) mass is 271 g/mol. The quantitative estimate of drug-likeness (QED) is 0.727. The predicted molar refractivity (Wildman–Crippen MR) is 69.7 cm³/mol. The molecule has 0 bridgehead atoms. The summed E-state index contributed by atoms with van der Waals surface area (Å²) in [6.07, 6.45) is 0. The second kappa shape index (κ2) is 5.47. The van der Waals surface area contributed by atoms with Gasteiger partial charge in [0.05, 0.1) is 10.9 Å². The molecule has 0 aliphatic heterocycles. The Labute approximate surface area is 107 Å². The van der Waals surface area contributed by atoms with E-state index in [0.29, 0.717) is 11.3 Å². The number of anilines is 1. The van der Waals surface area contributed by atoms with Crippen molar-refractivity contribution in [3.05, 3.63) is 23.8 Å². The molecule has 100 valence electrons. The first kappa shape index (κ1) is 14.6. The Balaban J connectivity index is 3.19. The largest absolute Gasteiger partial charge is 0.324 e. The molecule has 7 heteroatoms. The topological polar surface area (TPSA) is 101 Å². The van der Waals surface area contributed by atoms with Crippen LogP contribution in [0.3, 0.4) is 0 Å². The number of nitrogens with one attached hydrogen (secondary N) is 2. The zero-order valence-electron chi connectivity index (χ0n) is 10.5. The van der Waals surface area contributed by atoms with Crippen molar-refractivity contribution in [2.45, 2.75) is 24.8 Å². The van der Waals surface area contributed by atoms with Crippen LogP contribution in [0.15, 0.2) is 23.1 Å². The zero-order chi connectivity index (χ0) is 13.9. The number of rotatable bonds is 4. The highest BCUT2D eigenvalue weighted by atomic mass is 32.2. The smallest absolute Gasteiger partial charge is 0.241 e. The fourth-order valence-corrected chi connectivity index (χ4v) is 2.39. The molecule has 0 spiro atoms. The van der Waals surface area contributed by atoms with Gasteiger partial charge in [0.25, 0.3) is 0 Å². The Kier molecular flexibility index (Phi) is 4.44. The summed E-state index contributed by atoms with van der Waals surface area (Å²) >= 11 is 0. The van der Waals surface area contributed by atoms with Gasteiger partial charge in [-0.1, -0.05) is 6.07 Å². The van der Waals surface area contributed by atoms with E-state index in [9.17, 15) is 13.2 Å². The van der Waals surface area contributed by atoms with Crippen LogP contribution in [0.2, 0.25) is 0 Å². The molecule has 0 saturated heterocycles. The second-order valence-electron chi connectivity index (χ2n) is 3.91. The first-order chi connectivity index (χ1) is 8.29. The summed E-state index contributed by atoms with van der Waals surface area (Å²) in [5.41, 5.74) is 6.35. The van der Waals surface area contributed by atoms with Crippen LogP contribution in [-0.4, -0.2) is 27.4 Å². The number of sulfonamides is 1. The first-order valence-corrected chi connectivity index (χ1v) is 6.87. The molecule has 0 saturated carbocycles. The summed E-state index contributed by atoms with van der Waals surface area (Å²) in [4.78, 5) is 11.6. The molecule has 0 radical (unpaired) electrons. The highest BCUT2D eigenvalue weighted by Crippen LogP contribution is 2.22. The third-order valence-electron chi connectivity index (χ3n) is 2.51. The normalized spacial score (nSPS) is 13.1. The van der Waals surface area contributed by atoms with Crippen LogP contribution in [0.5, 0.6) is 0 Å². The van der Waals surface area contributed by atoms with Crippen molar-refractivity contribution in [2.75, 3.05) is 12.4 Å². The Hall–Kier alpha value is -1.44. The van der Waals surface area contributed by atoms with Crippen LogP contribution in [0.4, 0.5) is 5.69 Å². The van der Waals surface area contributed by atoms with E-state index in [4.69, 9.17) is 5.73 Å². The lowest BCUT2D eigenvalue weighted by Crippen LogP contribution is -2.32. The zero-order valence-corrected chi connectivity index (χ0v) is 11.3. The van der Waals surface area contributed by atoms with Crippen molar-refractivity contribution in [3.8, 4) is 0 Å². The van der Waals surface area contributed by atoms with Gasteiger partial charge in [0, 0.05) is 5.69 Å². The van der Waals surface area contributed by atoms with Gasteiger partial charge in [0.1, 0.15) is 0 Å². The fraction of sp³-hybridized carbons (Fsp3) is 0.364. The van der Waals surface area contributed by atoms with E-state index in [0.717, 1.165) is 0 Å². The Morgan fingerprint density at radius 2 is 2.00 bits per heavy atom. The average molecular weight is 271 g/mol. The molecule has 0 aliphatic rings. The molecule has 1 atom stereocenters. The molecule has 0 unspecified atom stereocenters. The van der Waals surface area contributed by atoms with Gasteiger partial charge < -0.3 is 11.1 Å². The number of carbonyl (C=O) groups excluding carboxylic acids is 1. The Bertz CT molecular complexity index is 553. The van der Waals surface area contributed by atoms with Crippen LogP contribution in [0.25, 0.3) is 0 Å². The first-order valence-electron chi connectivity index (χ1n) is 5.39. The Morgan fingerprint density at radius 1 is 1.39 bits per heavy atom. The van der Waals surface area contributed by atoms with Crippen molar-refractivity contribution in [1.82, 2.24) is 4.72 Å². The lowest BCUT2D eigenvalue weighted by molar-refractivity contribution is -0.117. The van der Waals surface area contributed by atoms with Crippen molar-refractivity contribution in [1.29, 1.82) is 0 Å². The third kappa shape index (κ3) is 3.06. The van der Waals surface area contributed by atoms with Gasteiger partial charge >= 0.3 is 0 Å². The molecule has 1 rings (SSSR count). The number of hydrogen-bond acceptors (Lipinski definition) is 4. The maximum absolute atomic E-state index is 11.7. The summed E-state index contributed by atoms with van der Waals surface area (Å²) in [7, 11) is -2.20. The van der Waals surface area contributed by atoms with Crippen molar-refractivity contribution >= 4 is 21.6 Å². The van der Waals surface area contributed by atoms with Gasteiger partial charge in [-0.2, -0.15) is 0 Å². The summed E-state index contributed by atoms with van der Waals surface area (Å²) in [5, 5.41) is 2.59. The fourth-order valence-electron chi connectivity index (χ4n) is 1.40. The van der Waals surface area contributed by atoms with Crippen LogP contribution in [-0.2, 0) is 14.8 Å². The molecule has 1 amide bonds. The minimum absolute atomic E-state index is 0.132. The molecular weight excluding hydrogens is 254 g/mol. The molecule has 6 nitrogen and oxygen atoms in total. The van der Waals surface area contributed by atoms with Gasteiger partial charge in [-0.25, -0.2) is 13.1 Å². The van der Waals surface area contributed by atoms with Crippen LogP contribution >= 0.6 is 0 Å². The van der Waals surface area contributed by atoms with E-state index >= 15 is 0 Å².